The van der Waals surface area contributed by atoms with Gasteiger partial charge in [0.05, 0.1) is 5.92 Å². The highest BCUT2D eigenvalue weighted by Gasteiger charge is 2.29. The Kier molecular flexibility index (Phi) is 2.19. The van der Waals surface area contributed by atoms with Crippen molar-refractivity contribution in [2.75, 3.05) is 0 Å². The predicted molar refractivity (Wildman–Crippen MR) is 51.9 cm³/mol. The van der Waals surface area contributed by atoms with Gasteiger partial charge in [0.25, 0.3) is 0 Å². The van der Waals surface area contributed by atoms with Crippen molar-refractivity contribution in [3.05, 3.63) is 29.3 Å². The van der Waals surface area contributed by atoms with Gasteiger partial charge >= 0.3 is 5.97 Å². The summed E-state index contributed by atoms with van der Waals surface area (Å²) in [6, 6.07) is 4.48. The van der Waals surface area contributed by atoms with Gasteiger partial charge in [0.2, 0.25) is 0 Å². The molecule has 0 saturated carbocycles. The summed E-state index contributed by atoms with van der Waals surface area (Å²) in [5, 5.41) is 18.0. The van der Waals surface area contributed by atoms with Gasteiger partial charge in [-0.3, -0.25) is 9.59 Å². The zero-order valence-corrected chi connectivity index (χ0v) is 7.93. The Morgan fingerprint density at radius 2 is 2.07 bits per heavy atom. The van der Waals surface area contributed by atoms with Crippen LogP contribution < -0.4 is 0 Å². The van der Waals surface area contributed by atoms with E-state index in [0.29, 0.717) is 17.5 Å². The number of phenolic OH excluding ortho intramolecular Hbond substituents is 1. The maximum absolute atomic E-state index is 11.6. The van der Waals surface area contributed by atoms with Gasteiger partial charge in [-0.2, -0.15) is 0 Å². The van der Waals surface area contributed by atoms with Crippen molar-refractivity contribution in [1.82, 2.24) is 0 Å². The molecule has 0 spiro atoms. The van der Waals surface area contributed by atoms with Crippen LogP contribution in [0.15, 0.2) is 18.2 Å². The fraction of sp³-hybridized carbons (Fsp3) is 0.273. The van der Waals surface area contributed by atoms with Crippen LogP contribution in [0.1, 0.15) is 22.3 Å². The summed E-state index contributed by atoms with van der Waals surface area (Å²) >= 11 is 0. The molecule has 0 bridgehead atoms. The number of phenols is 1. The monoisotopic (exact) mass is 206 g/mol. The molecule has 0 aromatic heterocycles. The smallest absolute Gasteiger partial charge is 0.307 e. The SMILES string of the molecule is O=C1CC(C(=O)O)Cc2ccc(O)cc21. The molecule has 0 fully saturated rings. The van der Waals surface area contributed by atoms with Crippen molar-refractivity contribution in [3.8, 4) is 5.75 Å². The van der Waals surface area contributed by atoms with Crippen molar-refractivity contribution >= 4 is 11.8 Å². The molecule has 4 nitrogen and oxygen atoms in total. The summed E-state index contributed by atoms with van der Waals surface area (Å²) in [5.74, 6) is -1.74. The highest BCUT2D eigenvalue weighted by molar-refractivity contribution is 6.01. The number of benzene rings is 1. The molecule has 1 atom stereocenters. The molecule has 1 unspecified atom stereocenters. The van der Waals surface area contributed by atoms with Gasteiger partial charge in [0.15, 0.2) is 5.78 Å². The van der Waals surface area contributed by atoms with Crippen molar-refractivity contribution in [2.45, 2.75) is 12.8 Å². The maximum atomic E-state index is 11.6. The van der Waals surface area contributed by atoms with E-state index in [4.69, 9.17) is 5.11 Å². The third kappa shape index (κ3) is 1.70. The molecule has 15 heavy (non-hydrogen) atoms. The number of ketones is 1. The van der Waals surface area contributed by atoms with Gasteiger partial charge in [-0.05, 0) is 24.1 Å². The Hall–Kier alpha value is -1.84. The standard InChI is InChI=1S/C11H10O4/c12-8-2-1-6-3-7(11(14)15)4-10(13)9(6)5-8/h1-2,5,7,12H,3-4H2,(H,14,15). The molecular weight excluding hydrogens is 196 g/mol. The Morgan fingerprint density at radius 3 is 2.73 bits per heavy atom. The molecule has 0 radical (unpaired) electrons. The predicted octanol–water partition coefficient (Wildman–Crippen LogP) is 1.22. The van der Waals surface area contributed by atoms with Crippen LogP contribution in [0.5, 0.6) is 5.75 Å². The molecule has 4 heteroatoms. The van der Waals surface area contributed by atoms with Gasteiger partial charge in [-0.1, -0.05) is 6.07 Å². The molecule has 2 rings (SSSR count). The van der Waals surface area contributed by atoms with Gasteiger partial charge in [0.1, 0.15) is 5.75 Å². The first-order valence-electron chi connectivity index (χ1n) is 4.66. The van der Waals surface area contributed by atoms with Crippen molar-refractivity contribution < 1.29 is 19.8 Å². The van der Waals surface area contributed by atoms with Crippen LogP contribution in [0.3, 0.4) is 0 Å². The number of hydrogen-bond donors (Lipinski definition) is 2. The summed E-state index contributed by atoms with van der Waals surface area (Å²) in [5.41, 5.74) is 1.16. The molecular formula is C11H10O4. The number of aromatic hydroxyl groups is 1. The van der Waals surface area contributed by atoms with Crippen LogP contribution in [-0.4, -0.2) is 22.0 Å². The first-order valence-corrected chi connectivity index (χ1v) is 4.66. The number of rotatable bonds is 1. The minimum Gasteiger partial charge on any atom is -0.508 e. The minimum absolute atomic E-state index is 0.0196. The molecule has 0 amide bonds. The molecule has 0 aliphatic heterocycles. The summed E-state index contributed by atoms with van der Waals surface area (Å²) in [7, 11) is 0. The van der Waals surface area contributed by atoms with E-state index >= 15 is 0 Å². The van der Waals surface area contributed by atoms with E-state index in [-0.39, 0.29) is 18.0 Å². The Labute approximate surface area is 86.2 Å². The first kappa shape index (κ1) is 9.71. The number of aliphatic carboxylic acids is 1. The summed E-state index contributed by atoms with van der Waals surface area (Å²) in [6.45, 7) is 0. The van der Waals surface area contributed by atoms with E-state index in [9.17, 15) is 14.7 Å². The average molecular weight is 206 g/mol. The van der Waals surface area contributed by atoms with Gasteiger partial charge in [-0.15, -0.1) is 0 Å². The summed E-state index contributed by atoms with van der Waals surface area (Å²) in [4.78, 5) is 22.4. The molecule has 1 aromatic carbocycles. The lowest BCUT2D eigenvalue weighted by Crippen LogP contribution is -2.26. The molecule has 78 valence electrons. The number of fused-ring (bicyclic) bond motifs is 1. The number of carbonyl (C=O) groups excluding carboxylic acids is 1. The Balaban J connectivity index is 2.41. The number of carboxylic acids is 1. The number of hydrogen-bond acceptors (Lipinski definition) is 3. The van der Waals surface area contributed by atoms with Crippen LogP contribution in [0.25, 0.3) is 0 Å². The fourth-order valence-corrected chi connectivity index (χ4v) is 1.85. The normalized spacial score (nSPS) is 19.7. The zero-order chi connectivity index (χ0) is 11.0. The van der Waals surface area contributed by atoms with Crippen molar-refractivity contribution in [3.63, 3.8) is 0 Å². The van der Waals surface area contributed by atoms with E-state index < -0.39 is 11.9 Å². The quantitative estimate of drug-likeness (QED) is 0.724. The Morgan fingerprint density at radius 1 is 1.33 bits per heavy atom. The topological polar surface area (TPSA) is 74.6 Å². The Bertz CT molecular complexity index is 436. The largest absolute Gasteiger partial charge is 0.508 e. The maximum Gasteiger partial charge on any atom is 0.307 e. The third-order valence-electron chi connectivity index (χ3n) is 2.64. The number of carbonyl (C=O) groups is 2. The zero-order valence-electron chi connectivity index (χ0n) is 7.93. The second-order valence-corrected chi connectivity index (χ2v) is 3.71. The van der Waals surface area contributed by atoms with Crippen molar-refractivity contribution in [1.29, 1.82) is 0 Å². The molecule has 0 heterocycles. The van der Waals surface area contributed by atoms with Crippen LogP contribution >= 0.6 is 0 Å². The summed E-state index contributed by atoms with van der Waals surface area (Å²) in [6.07, 6.45) is 0.377. The van der Waals surface area contributed by atoms with Gasteiger partial charge < -0.3 is 10.2 Å². The average Bonchev–Trinajstić information content (AvgIpc) is 2.18. The van der Waals surface area contributed by atoms with Crippen LogP contribution in [0.2, 0.25) is 0 Å². The third-order valence-corrected chi connectivity index (χ3v) is 2.64. The lowest BCUT2D eigenvalue weighted by atomic mass is 9.83. The van der Waals surface area contributed by atoms with E-state index in [1.165, 1.54) is 12.1 Å². The highest BCUT2D eigenvalue weighted by atomic mass is 16.4. The molecule has 0 saturated heterocycles. The van der Waals surface area contributed by atoms with Crippen LogP contribution in [0, 0.1) is 5.92 Å². The molecule has 1 aliphatic carbocycles. The van der Waals surface area contributed by atoms with E-state index in [2.05, 4.69) is 0 Å². The lowest BCUT2D eigenvalue weighted by Gasteiger charge is -2.20. The number of Topliss-reactive ketones (excluding diaryl/α,β-unsaturated/α-hetero) is 1. The van der Waals surface area contributed by atoms with E-state index in [0.717, 1.165) is 0 Å². The molecule has 1 aromatic rings. The molecule has 1 aliphatic rings. The second kappa shape index (κ2) is 3.38. The van der Waals surface area contributed by atoms with Gasteiger partial charge in [-0.25, -0.2) is 0 Å². The van der Waals surface area contributed by atoms with Gasteiger partial charge in [0, 0.05) is 12.0 Å². The summed E-state index contributed by atoms with van der Waals surface area (Å²) < 4.78 is 0. The second-order valence-electron chi connectivity index (χ2n) is 3.71. The lowest BCUT2D eigenvalue weighted by molar-refractivity contribution is -0.141. The number of carboxylic acid groups (broad SMARTS) is 1. The highest BCUT2D eigenvalue weighted by Crippen LogP contribution is 2.28. The van der Waals surface area contributed by atoms with Crippen LogP contribution in [-0.2, 0) is 11.2 Å². The minimum atomic E-state index is -0.943. The fourth-order valence-electron chi connectivity index (χ4n) is 1.85. The van der Waals surface area contributed by atoms with Crippen LogP contribution in [0.4, 0.5) is 0 Å². The molecule has 2 N–H and O–H groups in total. The van der Waals surface area contributed by atoms with Crippen molar-refractivity contribution in [2.24, 2.45) is 5.92 Å². The van der Waals surface area contributed by atoms with E-state index in [1.54, 1.807) is 6.07 Å². The first-order chi connectivity index (χ1) is 7.08. The van der Waals surface area contributed by atoms with E-state index in [1.807, 2.05) is 0 Å².